The molecule has 0 bridgehead atoms. The number of rotatable bonds is 10. The van der Waals surface area contributed by atoms with Crippen LogP contribution in [0.2, 0.25) is 0 Å². The number of carbonyl (C=O) groups excluding carboxylic acids is 1. The highest BCUT2D eigenvalue weighted by molar-refractivity contribution is 9.10. The molecule has 2 aromatic carbocycles. The summed E-state index contributed by atoms with van der Waals surface area (Å²) in [7, 11) is 0. The first kappa shape index (κ1) is 23.9. The van der Waals surface area contributed by atoms with Crippen LogP contribution in [0.5, 0.6) is 17.2 Å². The van der Waals surface area contributed by atoms with E-state index in [1.54, 1.807) is 6.21 Å². The molecule has 1 aliphatic rings. The molecular formula is C24H30BrN3O4. The molecular weight excluding hydrogens is 474 g/mol. The van der Waals surface area contributed by atoms with Gasteiger partial charge in [0.05, 0.1) is 17.3 Å². The summed E-state index contributed by atoms with van der Waals surface area (Å²) < 4.78 is 18.1. The number of hydrazone groups is 1. The van der Waals surface area contributed by atoms with Gasteiger partial charge in [-0.05, 0) is 65.5 Å². The zero-order valence-corrected chi connectivity index (χ0v) is 19.9. The summed E-state index contributed by atoms with van der Waals surface area (Å²) in [5, 5.41) is 7.03. The van der Waals surface area contributed by atoms with Crippen molar-refractivity contribution in [3.63, 3.8) is 0 Å². The molecule has 8 heteroatoms. The number of para-hydroxylation sites is 1. The van der Waals surface area contributed by atoms with Gasteiger partial charge in [-0.25, -0.2) is 10.2 Å². The van der Waals surface area contributed by atoms with Crippen molar-refractivity contribution in [2.24, 2.45) is 5.10 Å². The lowest BCUT2D eigenvalue weighted by Gasteiger charge is -2.22. The number of urea groups is 1. The van der Waals surface area contributed by atoms with Crippen molar-refractivity contribution in [2.45, 2.75) is 45.1 Å². The van der Waals surface area contributed by atoms with Gasteiger partial charge < -0.3 is 19.5 Å². The van der Waals surface area contributed by atoms with Crippen LogP contribution in [-0.2, 0) is 0 Å². The van der Waals surface area contributed by atoms with Gasteiger partial charge >= 0.3 is 6.03 Å². The van der Waals surface area contributed by atoms with Gasteiger partial charge in [0.25, 0.3) is 0 Å². The summed E-state index contributed by atoms with van der Waals surface area (Å²) in [4.78, 5) is 12.0. The van der Waals surface area contributed by atoms with Crippen molar-refractivity contribution in [3.05, 3.63) is 52.5 Å². The van der Waals surface area contributed by atoms with Crippen molar-refractivity contribution >= 4 is 28.2 Å². The molecule has 0 heterocycles. The standard InChI is InChI=1S/C24H30BrN3O4/c1-2-30-22-16-18(17-26-28-24(29)27-19-9-5-3-6-10-19)15-21(25)23(22)32-14-13-31-20-11-7-4-8-12-20/h4,7-8,11-12,15-17,19H,2-3,5-6,9-10,13-14H2,1H3,(H2,27,28,29)/b26-17-. The lowest BCUT2D eigenvalue weighted by atomic mass is 9.96. The third-order valence-corrected chi connectivity index (χ3v) is 5.58. The Labute approximate surface area is 197 Å². The quantitative estimate of drug-likeness (QED) is 0.262. The van der Waals surface area contributed by atoms with E-state index in [4.69, 9.17) is 14.2 Å². The van der Waals surface area contributed by atoms with Crippen LogP contribution in [0.15, 0.2) is 52.0 Å². The molecule has 0 spiro atoms. The fourth-order valence-electron chi connectivity index (χ4n) is 3.52. The maximum Gasteiger partial charge on any atom is 0.335 e. The Morgan fingerprint density at radius 2 is 1.84 bits per heavy atom. The fraction of sp³-hybridized carbons (Fsp3) is 0.417. The highest BCUT2D eigenvalue weighted by Gasteiger charge is 2.15. The number of hydrogen-bond acceptors (Lipinski definition) is 5. The highest BCUT2D eigenvalue weighted by Crippen LogP contribution is 2.36. The number of benzene rings is 2. The van der Waals surface area contributed by atoms with Crippen molar-refractivity contribution in [2.75, 3.05) is 19.8 Å². The molecule has 0 aliphatic heterocycles. The second-order valence-electron chi connectivity index (χ2n) is 7.45. The number of carbonyl (C=O) groups is 1. The van der Waals surface area contributed by atoms with Gasteiger partial charge in [-0.2, -0.15) is 5.10 Å². The predicted octanol–water partition coefficient (Wildman–Crippen LogP) is 5.27. The lowest BCUT2D eigenvalue weighted by molar-refractivity contribution is 0.207. The van der Waals surface area contributed by atoms with Crippen molar-refractivity contribution in [1.82, 2.24) is 10.7 Å². The molecule has 172 valence electrons. The van der Waals surface area contributed by atoms with E-state index >= 15 is 0 Å². The Kier molecular flexibility index (Phi) is 9.68. The summed E-state index contributed by atoms with van der Waals surface area (Å²) in [6, 6.07) is 13.2. The van der Waals surface area contributed by atoms with Gasteiger partial charge in [0, 0.05) is 6.04 Å². The second-order valence-corrected chi connectivity index (χ2v) is 8.31. The normalized spacial score (nSPS) is 14.2. The molecule has 3 rings (SSSR count). The van der Waals surface area contributed by atoms with E-state index in [2.05, 4.69) is 31.8 Å². The first-order chi connectivity index (χ1) is 15.7. The number of ether oxygens (including phenoxy) is 3. The van der Waals surface area contributed by atoms with Crippen LogP contribution < -0.4 is 25.0 Å². The molecule has 0 aromatic heterocycles. The lowest BCUT2D eigenvalue weighted by Crippen LogP contribution is -2.41. The Morgan fingerprint density at radius 3 is 2.59 bits per heavy atom. The number of halogens is 1. The summed E-state index contributed by atoms with van der Waals surface area (Å²) in [5.41, 5.74) is 3.31. The van der Waals surface area contributed by atoms with Crippen molar-refractivity contribution in [1.29, 1.82) is 0 Å². The van der Waals surface area contributed by atoms with Gasteiger partial charge in [0.2, 0.25) is 0 Å². The number of nitrogens with zero attached hydrogens (tertiary/aromatic N) is 1. The van der Waals surface area contributed by atoms with Crippen LogP contribution >= 0.6 is 15.9 Å². The summed E-state index contributed by atoms with van der Waals surface area (Å²) in [6.45, 7) is 3.18. The van der Waals surface area contributed by atoms with E-state index in [-0.39, 0.29) is 12.1 Å². The van der Waals surface area contributed by atoms with E-state index < -0.39 is 0 Å². The van der Waals surface area contributed by atoms with Crippen LogP contribution in [0.1, 0.15) is 44.6 Å². The van der Waals surface area contributed by atoms with Gasteiger partial charge in [0.15, 0.2) is 11.5 Å². The molecule has 7 nitrogen and oxygen atoms in total. The zero-order chi connectivity index (χ0) is 22.6. The van der Waals surface area contributed by atoms with Crippen LogP contribution in [0.4, 0.5) is 4.79 Å². The molecule has 2 aromatic rings. The average molecular weight is 504 g/mol. The molecule has 0 unspecified atom stereocenters. The third-order valence-electron chi connectivity index (χ3n) is 4.99. The molecule has 32 heavy (non-hydrogen) atoms. The predicted molar refractivity (Wildman–Crippen MR) is 129 cm³/mol. The molecule has 2 amide bonds. The maximum absolute atomic E-state index is 12.0. The maximum atomic E-state index is 12.0. The minimum atomic E-state index is -0.282. The largest absolute Gasteiger partial charge is 0.490 e. The first-order valence-corrected chi connectivity index (χ1v) is 11.8. The Morgan fingerprint density at radius 1 is 1.09 bits per heavy atom. The molecule has 1 aliphatic carbocycles. The monoisotopic (exact) mass is 503 g/mol. The molecule has 1 fully saturated rings. The van der Waals surface area contributed by atoms with E-state index in [1.165, 1.54) is 6.42 Å². The minimum Gasteiger partial charge on any atom is -0.490 e. The van der Waals surface area contributed by atoms with Crippen LogP contribution in [0.3, 0.4) is 0 Å². The minimum absolute atomic E-state index is 0.236. The molecule has 0 saturated heterocycles. The van der Waals surface area contributed by atoms with E-state index in [0.29, 0.717) is 31.3 Å². The summed E-state index contributed by atoms with van der Waals surface area (Å²) in [5.74, 6) is 1.99. The zero-order valence-electron chi connectivity index (χ0n) is 18.3. The van der Waals surface area contributed by atoms with Gasteiger partial charge in [0.1, 0.15) is 19.0 Å². The molecule has 2 N–H and O–H groups in total. The van der Waals surface area contributed by atoms with Crippen LogP contribution in [0.25, 0.3) is 0 Å². The molecule has 0 radical (unpaired) electrons. The number of nitrogens with one attached hydrogen (secondary N) is 2. The van der Waals surface area contributed by atoms with E-state index in [0.717, 1.165) is 41.5 Å². The first-order valence-electron chi connectivity index (χ1n) is 11.0. The third kappa shape index (κ3) is 7.75. The second kappa shape index (κ2) is 13.0. The van der Waals surface area contributed by atoms with Crippen LogP contribution in [-0.4, -0.2) is 38.1 Å². The van der Waals surface area contributed by atoms with Crippen molar-refractivity contribution in [3.8, 4) is 17.2 Å². The van der Waals surface area contributed by atoms with Gasteiger partial charge in [-0.1, -0.05) is 37.5 Å². The number of hydrogen-bond donors (Lipinski definition) is 2. The Bertz CT molecular complexity index is 886. The van der Waals surface area contributed by atoms with Crippen LogP contribution in [0, 0.1) is 0 Å². The topological polar surface area (TPSA) is 81.2 Å². The van der Waals surface area contributed by atoms with Gasteiger partial charge in [-0.3, -0.25) is 0 Å². The molecule has 0 atom stereocenters. The number of amides is 2. The van der Waals surface area contributed by atoms with Gasteiger partial charge in [-0.15, -0.1) is 0 Å². The average Bonchev–Trinajstić information content (AvgIpc) is 2.79. The Hall–Kier alpha value is -2.74. The summed E-state index contributed by atoms with van der Waals surface area (Å²) in [6.07, 6.45) is 7.20. The van der Waals surface area contributed by atoms with E-state index in [9.17, 15) is 4.79 Å². The Balaban J connectivity index is 1.54. The summed E-state index contributed by atoms with van der Waals surface area (Å²) >= 11 is 3.54. The smallest absolute Gasteiger partial charge is 0.335 e. The molecule has 1 saturated carbocycles. The van der Waals surface area contributed by atoms with Crippen molar-refractivity contribution < 1.29 is 19.0 Å². The highest BCUT2D eigenvalue weighted by atomic mass is 79.9. The van der Waals surface area contributed by atoms with E-state index in [1.807, 2.05) is 49.4 Å². The fourth-order valence-corrected chi connectivity index (χ4v) is 4.09. The SMILES string of the molecule is CCOc1cc(/C=N\NC(=O)NC2CCCCC2)cc(Br)c1OCCOc1ccccc1.